The number of benzene rings is 1. The molecule has 6 heteroatoms. The topological polar surface area (TPSA) is 64.2 Å². The predicted octanol–water partition coefficient (Wildman–Crippen LogP) is 4.52. The SMILES string of the molecule is COc1cc(C(=O)/C(C)=C/c2c[nH]c3ccc(Cl)cc23)cc(OC)n1. The molecule has 25 heavy (non-hydrogen) atoms. The normalized spacial score (nSPS) is 11.6. The smallest absolute Gasteiger partial charge is 0.216 e. The fraction of sp³-hybridized carbons (Fsp3) is 0.158. The van der Waals surface area contributed by atoms with Gasteiger partial charge in [0.05, 0.1) is 14.2 Å². The highest BCUT2D eigenvalue weighted by molar-refractivity contribution is 6.31. The van der Waals surface area contributed by atoms with Crippen LogP contribution in [0.15, 0.2) is 42.1 Å². The first-order chi connectivity index (χ1) is 12.0. The van der Waals surface area contributed by atoms with E-state index in [1.54, 1.807) is 19.1 Å². The van der Waals surface area contributed by atoms with Crippen LogP contribution in [0.2, 0.25) is 5.02 Å². The third-order valence-corrected chi connectivity index (χ3v) is 4.10. The summed E-state index contributed by atoms with van der Waals surface area (Å²) < 4.78 is 10.2. The number of methoxy groups -OCH3 is 2. The lowest BCUT2D eigenvalue weighted by atomic mass is 10.0. The molecule has 0 radical (unpaired) electrons. The Kier molecular flexibility index (Phi) is 4.76. The van der Waals surface area contributed by atoms with Gasteiger partial charge in [-0.15, -0.1) is 0 Å². The van der Waals surface area contributed by atoms with Gasteiger partial charge < -0.3 is 14.5 Å². The van der Waals surface area contributed by atoms with Crippen molar-refractivity contribution >= 4 is 34.4 Å². The molecule has 1 aromatic carbocycles. The van der Waals surface area contributed by atoms with Gasteiger partial charge in [0.15, 0.2) is 5.78 Å². The standard InChI is InChI=1S/C19H17ClN2O3/c1-11(6-13-10-21-16-5-4-14(20)9-15(13)16)19(23)12-7-17(24-2)22-18(8-12)25-3/h4-10,21H,1-3H3/b11-6+. The number of halogens is 1. The highest BCUT2D eigenvalue weighted by Crippen LogP contribution is 2.26. The van der Waals surface area contributed by atoms with Gasteiger partial charge in [0.2, 0.25) is 11.8 Å². The number of carbonyl (C=O) groups is 1. The number of allylic oxidation sites excluding steroid dienone is 1. The molecular weight excluding hydrogens is 340 g/mol. The Morgan fingerprint density at radius 3 is 2.48 bits per heavy atom. The maximum absolute atomic E-state index is 12.8. The second-order valence-corrected chi connectivity index (χ2v) is 5.97. The fourth-order valence-corrected chi connectivity index (χ4v) is 2.75. The lowest BCUT2D eigenvalue weighted by Crippen LogP contribution is -2.03. The second-order valence-electron chi connectivity index (χ2n) is 5.53. The number of ether oxygens (including phenoxy) is 2. The van der Waals surface area contributed by atoms with Gasteiger partial charge in [0.1, 0.15) is 0 Å². The van der Waals surface area contributed by atoms with E-state index < -0.39 is 0 Å². The lowest BCUT2D eigenvalue weighted by Gasteiger charge is -2.07. The van der Waals surface area contributed by atoms with E-state index in [9.17, 15) is 4.79 Å². The largest absolute Gasteiger partial charge is 0.481 e. The van der Waals surface area contributed by atoms with Crippen LogP contribution >= 0.6 is 11.6 Å². The minimum atomic E-state index is -0.129. The van der Waals surface area contributed by atoms with Gasteiger partial charge in [-0.3, -0.25) is 4.79 Å². The average Bonchev–Trinajstić information content (AvgIpc) is 3.02. The van der Waals surface area contributed by atoms with Crippen LogP contribution < -0.4 is 9.47 Å². The number of nitrogens with zero attached hydrogens (tertiary/aromatic N) is 1. The highest BCUT2D eigenvalue weighted by atomic mass is 35.5. The maximum atomic E-state index is 12.8. The van der Waals surface area contributed by atoms with Crippen molar-refractivity contribution in [1.82, 2.24) is 9.97 Å². The molecule has 2 aromatic heterocycles. The van der Waals surface area contributed by atoms with Gasteiger partial charge in [0.25, 0.3) is 0 Å². The Morgan fingerprint density at radius 1 is 1.16 bits per heavy atom. The molecular formula is C19H17ClN2O3. The Balaban J connectivity index is 1.99. The zero-order valence-electron chi connectivity index (χ0n) is 14.1. The van der Waals surface area contributed by atoms with Crippen LogP contribution in [0.5, 0.6) is 11.8 Å². The van der Waals surface area contributed by atoms with E-state index in [-0.39, 0.29) is 5.78 Å². The number of rotatable bonds is 5. The van der Waals surface area contributed by atoms with Crippen LogP contribution in [0.3, 0.4) is 0 Å². The summed E-state index contributed by atoms with van der Waals surface area (Å²) in [5, 5.41) is 1.61. The van der Waals surface area contributed by atoms with Crippen molar-refractivity contribution in [3.8, 4) is 11.8 Å². The number of H-pyrrole nitrogens is 1. The number of carbonyl (C=O) groups excluding carboxylic acids is 1. The molecule has 0 spiro atoms. The summed E-state index contributed by atoms with van der Waals surface area (Å²) in [5.74, 6) is 0.527. The molecule has 0 atom stereocenters. The van der Waals surface area contributed by atoms with Gasteiger partial charge >= 0.3 is 0 Å². The van der Waals surface area contributed by atoms with Gasteiger partial charge in [-0.05, 0) is 36.8 Å². The zero-order chi connectivity index (χ0) is 18.0. The molecule has 0 bridgehead atoms. The molecule has 3 aromatic rings. The van der Waals surface area contributed by atoms with Crippen molar-refractivity contribution in [2.75, 3.05) is 14.2 Å². The highest BCUT2D eigenvalue weighted by Gasteiger charge is 2.13. The first kappa shape index (κ1) is 17.0. The lowest BCUT2D eigenvalue weighted by molar-refractivity contribution is 0.103. The summed E-state index contributed by atoms with van der Waals surface area (Å²) in [6.07, 6.45) is 3.68. The number of aromatic amines is 1. The summed E-state index contributed by atoms with van der Waals surface area (Å²) in [5.41, 5.74) is 2.89. The van der Waals surface area contributed by atoms with Crippen molar-refractivity contribution in [3.05, 3.63) is 58.3 Å². The van der Waals surface area contributed by atoms with Crippen LogP contribution in [0.25, 0.3) is 17.0 Å². The van der Waals surface area contributed by atoms with Gasteiger partial charge in [0, 0.05) is 45.4 Å². The Labute approximate surface area is 150 Å². The van der Waals surface area contributed by atoms with E-state index in [1.807, 2.05) is 30.5 Å². The summed E-state index contributed by atoms with van der Waals surface area (Å²) >= 11 is 6.07. The van der Waals surface area contributed by atoms with Gasteiger partial charge in [-0.2, -0.15) is 4.98 Å². The van der Waals surface area contributed by atoms with Crippen molar-refractivity contribution in [3.63, 3.8) is 0 Å². The number of fused-ring (bicyclic) bond motifs is 1. The predicted molar refractivity (Wildman–Crippen MR) is 98.6 cm³/mol. The van der Waals surface area contributed by atoms with Crippen LogP contribution in [-0.4, -0.2) is 30.0 Å². The summed E-state index contributed by atoms with van der Waals surface area (Å²) in [6, 6.07) is 8.78. The van der Waals surface area contributed by atoms with E-state index in [0.29, 0.717) is 27.9 Å². The molecule has 1 N–H and O–H groups in total. The molecule has 0 amide bonds. The molecule has 0 saturated carbocycles. The number of ketones is 1. The summed E-state index contributed by atoms with van der Waals surface area (Å²) in [6.45, 7) is 1.77. The van der Waals surface area contributed by atoms with E-state index in [1.165, 1.54) is 14.2 Å². The molecule has 0 aliphatic heterocycles. The number of Topliss-reactive ketones (excluding diaryl/α,β-unsaturated/α-hetero) is 1. The van der Waals surface area contributed by atoms with Crippen molar-refractivity contribution in [2.45, 2.75) is 6.92 Å². The second kappa shape index (κ2) is 6.99. The summed E-state index contributed by atoms with van der Waals surface area (Å²) in [7, 11) is 2.99. The average molecular weight is 357 g/mol. The molecule has 0 fully saturated rings. The fourth-order valence-electron chi connectivity index (χ4n) is 2.58. The maximum Gasteiger partial charge on any atom is 0.216 e. The zero-order valence-corrected chi connectivity index (χ0v) is 14.8. The van der Waals surface area contributed by atoms with Crippen molar-refractivity contribution in [2.24, 2.45) is 0 Å². The Morgan fingerprint density at radius 2 is 1.84 bits per heavy atom. The summed E-state index contributed by atoms with van der Waals surface area (Å²) in [4.78, 5) is 20.0. The van der Waals surface area contributed by atoms with Crippen LogP contribution in [0, 0.1) is 0 Å². The molecule has 128 valence electrons. The first-order valence-electron chi connectivity index (χ1n) is 7.61. The number of hydrogen-bond donors (Lipinski definition) is 1. The Bertz CT molecular complexity index is 954. The molecule has 0 saturated heterocycles. The van der Waals surface area contributed by atoms with Crippen LogP contribution in [-0.2, 0) is 0 Å². The Hall–Kier alpha value is -2.79. The first-order valence-corrected chi connectivity index (χ1v) is 7.99. The monoisotopic (exact) mass is 356 g/mol. The molecule has 0 aliphatic carbocycles. The van der Waals surface area contributed by atoms with Crippen molar-refractivity contribution < 1.29 is 14.3 Å². The van der Waals surface area contributed by atoms with Crippen LogP contribution in [0.4, 0.5) is 0 Å². The molecule has 2 heterocycles. The van der Waals surface area contributed by atoms with Crippen LogP contribution in [0.1, 0.15) is 22.8 Å². The minimum absolute atomic E-state index is 0.129. The quantitative estimate of drug-likeness (QED) is 0.539. The molecule has 0 unspecified atom stereocenters. The number of pyridine rings is 1. The van der Waals surface area contributed by atoms with Gasteiger partial charge in [-0.1, -0.05) is 11.6 Å². The van der Waals surface area contributed by atoms with E-state index in [0.717, 1.165) is 16.5 Å². The van der Waals surface area contributed by atoms with E-state index >= 15 is 0 Å². The van der Waals surface area contributed by atoms with Crippen molar-refractivity contribution in [1.29, 1.82) is 0 Å². The van der Waals surface area contributed by atoms with Gasteiger partial charge in [-0.25, -0.2) is 0 Å². The third kappa shape index (κ3) is 3.51. The molecule has 3 rings (SSSR count). The molecule has 5 nitrogen and oxygen atoms in total. The number of aromatic nitrogens is 2. The number of nitrogens with one attached hydrogen (secondary N) is 1. The van der Waals surface area contributed by atoms with E-state index in [2.05, 4.69) is 9.97 Å². The number of hydrogen-bond acceptors (Lipinski definition) is 4. The third-order valence-electron chi connectivity index (χ3n) is 3.86. The molecule has 0 aliphatic rings. The minimum Gasteiger partial charge on any atom is -0.481 e. The van der Waals surface area contributed by atoms with E-state index in [4.69, 9.17) is 21.1 Å².